The van der Waals surface area contributed by atoms with Crippen LogP contribution in [0, 0.1) is 5.92 Å². The second-order valence-electron chi connectivity index (χ2n) is 8.76. The molecule has 4 aliphatic rings. The van der Waals surface area contributed by atoms with E-state index in [0.717, 1.165) is 29.7 Å². The predicted molar refractivity (Wildman–Crippen MR) is 114 cm³/mol. The van der Waals surface area contributed by atoms with Crippen LogP contribution in [0.15, 0.2) is 18.2 Å². The van der Waals surface area contributed by atoms with Crippen molar-refractivity contribution in [2.24, 2.45) is 5.92 Å². The number of hydrogen-bond donors (Lipinski definition) is 1. The quantitative estimate of drug-likeness (QED) is 0.855. The number of likely N-dealkylation sites (N-methyl/N-ethyl adjacent to an activating group) is 1. The smallest absolute Gasteiger partial charge is 0.271 e. The Morgan fingerprint density at radius 3 is 2.68 bits per heavy atom. The molecule has 0 unspecified atom stereocenters. The number of carbonyl (C=O) groups is 1. The SMILES string of the molecule is CN(C)[C@H]1CCN(c2cccc3c(C(=O)N[C@@H]4CN5CCC4CC5)nsc23)C1. The number of amides is 1. The number of fused-ring (bicyclic) bond motifs is 4. The molecule has 0 radical (unpaired) electrons. The van der Waals surface area contributed by atoms with E-state index < -0.39 is 0 Å². The zero-order valence-corrected chi connectivity index (χ0v) is 17.5. The summed E-state index contributed by atoms with van der Waals surface area (Å²) in [6.45, 7) is 5.45. The third-order valence-electron chi connectivity index (χ3n) is 6.90. The van der Waals surface area contributed by atoms with Crippen molar-refractivity contribution in [3.8, 4) is 0 Å². The molecule has 0 aliphatic carbocycles. The second-order valence-corrected chi connectivity index (χ2v) is 9.53. The number of nitrogens with one attached hydrogen (secondary N) is 1. The highest BCUT2D eigenvalue weighted by atomic mass is 32.1. The van der Waals surface area contributed by atoms with Crippen LogP contribution in [0.3, 0.4) is 0 Å². The molecule has 4 aliphatic heterocycles. The van der Waals surface area contributed by atoms with Gasteiger partial charge >= 0.3 is 0 Å². The van der Waals surface area contributed by atoms with E-state index in [1.54, 1.807) is 0 Å². The third kappa shape index (κ3) is 3.19. The molecule has 7 heteroatoms. The van der Waals surface area contributed by atoms with E-state index in [1.165, 1.54) is 49.6 Å². The van der Waals surface area contributed by atoms with Gasteiger partial charge in [-0.25, -0.2) is 0 Å². The maximum Gasteiger partial charge on any atom is 0.271 e. The monoisotopic (exact) mass is 399 g/mol. The molecule has 1 amide bonds. The first-order valence-electron chi connectivity index (χ1n) is 10.4. The van der Waals surface area contributed by atoms with Crippen molar-refractivity contribution in [2.45, 2.75) is 31.3 Å². The molecule has 6 rings (SSSR count). The second kappa shape index (κ2) is 7.28. The van der Waals surface area contributed by atoms with Gasteiger partial charge in [0.25, 0.3) is 5.91 Å². The molecule has 1 N–H and O–H groups in total. The summed E-state index contributed by atoms with van der Waals surface area (Å²) in [6, 6.07) is 7.15. The van der Waals surface area contributed by atoms with Crippen molar-refractivity contribution in [3.63, 3.8) is 0 Å². The summed E-state index contributed by atoms with van der Waals surface area (Å²) in [5.41, 5.74) is 1.82. The van der Waals surface area contributed by atoms with Gasteiger partial charge in [-0.05, 0) is 70.0 Å². The molecule has 28 heavy (non-hydrogen) atoms. The maximum atomic E-state index is 13.0. The highest BCUT2D eigenvalue weighted by Crippen LogP contribution is 2.35. The topological polar surface area (TPSA) is 51.7 Å². The predicted octanol–water partition coefficient (Wildman–Crippen LogP) is 2.26. The number of carbonyl (C=O) groups excluding carboxylic acids is 1. The van der Waals surface area contributed by atoms with Crippen molar-refractivity contribution < 1.29 is 4.79 Å². The van der Waals surface area contributed by atoms with Gasteiger partial charge < -0.3 is 20.0 Å². The Morgan fingerprint density at radius 2 is 2.00 bits per heavy atom. The summed E-state index contributed by atoms with van der Waals surface area (Å²) in [5, 5.41) is 4.29. The van der Waals surface area contributed by atoms with Crippen molar-refractivity contribution in [1.29, 1.82) is 0 Å². The van der Waals surface area contributed by atoms with Crippen molar-refractivity contribution in [1.82, 2.24) is 19.5 Å². The van der Waals surface area contributed by atoms with Crippen LogP contribution in [0.5, 0.6) is 0 Å². The van der Waals surface area contributed by atoms with Crippen molar-refractivity contribution in [2.75, 3.05) is 51.7 Å². The van der Waals surface area contributed by atoms with E-state index >= 15 is 0 Å². The average Bonchev–Trinajstić information content (AvgIpc) is 3.36. The van der Waals surface area contributed by atoms with E-state index in [4.69, 9.17) is 0 Å². The molecule has 150 valence electrons. The first kappa shape index (κ1) is 18.3. The molecule has 2 bridgehead atoms. The molecule has 2 aromatic rings. The molecule has 4 saturated heterocycles. The van der Waals surface area contributed by atoms with Crippen LogP contribution >= 0.6 is 11.5 Å². The van der Waals surface area contributed by atoms with E-state index in [1.807, 2.05) is 6.07 Å². The molecule has 0 spiro atoms. The third-order valence-corrected chi connectivity index (χ3v) is 7.79. The Kier molecular flexibility index (Phi) is 4.77. The normalized spacial score (nSPS) is 29.8. The minimum atomic E-state index is -0.00487. The first-order chi connectivity index (χ1) is 13.6. The first-order valence-corrected chi connectivity index (χ1v) is 11.2. The van der Waals surface area contributed by atoms with Crippen LogP contribution < -0.4 is 10.2 Å². The van der Waals surface area contributed by atoms with Crippen molar-refractivity contribution >= 4 is 33.2 Å². The molecule has 1 aromatic heterocycles. The largest absolute Gasteiger partial charge is 0.369 e. The fourth-order valence-corrected chi connectivity index (χ4v) is 6.03. The summed E-state index contributed by atoms with van der Waals surface area (Å²) in [6.07, 6.45) is 3.58. The molecule has 5 heterocycles. The summed E-state index contributed by atoms with van der Waals surface area (Å²) >= 11 is 1.47. The molecule has 0 saturated carbocycles. The lowest BCUT2D eigenvalue weighted by atomic mass is 9.84. The zero-order chi connectivity index (χ0) is 19.3. The minimum Gasteiger partial charge on any atom is -0.369 e. The Labute approximate surface area is 170 Å². The van der Waals surface area contributed by atoms with Gasteiger partial charge in [0.05, 0.1) is 10.4 Å². The number of hydrogen-bond acceptors (Lipinski definition) is 6. The molecule has 6 nitrogen and oxygen atoms in total. The summed E-state index contributed by atoms with van der Waals surface area (Å²) in [7, 11) is 4.30. The van der Waals surface area contributed by atoms with Crippen molar-refractivity contribution in [3.05, 3.63) is 23.9 Å². The summed E-state index contributed by atoms with van der Waals surface area (Å²) < 4.78 is 5.73. The fraction of sp³-hybridized carbons (Fsp3) is 0.619. The number of piperidine rings is 3. The summed E-state index contributed by atoms with van der Waals surface area (Å²) in [5.74, 6) is 0.622. The fourth-order valence-electron chi connectivity index (χ4n) is 5.11. The highest BCUT2D eigenvalue weighted by molar-refractivity contribution is 7.14. The van der Waals surface area contributed by atoms with Crippen LogP contribution in [-0.4, -0.2) is 79.0 Å². The summed E-state index contributed by atoms with van der Waals surface area (Å²) in [4.78, 5) is 20.3. The van der Waals surface area contributed by atoms with Gasteiger partial charge in [0, 0.05) is 37.1 Å². The van der Waals surface area contributed by atoms with Crippen LogP contribution in [0.1, 0.15) is 29.8 Å². The lowest BCUT2D eigenvalue weighted by Crippen LogP contribution is -2.57. The molecule has 4 fully saturated rings. The lowest BCUT2D eigenvalue weighted by molar-refractivity contribution is 0.0619. The van der Waals surface area contributed by atoms with Crippen LogP contribution in [0.25, 0.3) is 10.1 Å². The van der Waals surface area contributed by atoms with Gasteiger partial charge in [0.2, 0.25) is 0 Å². The molecule has 2 atom stereocenters. The van der Waals surface area contributed by atoms with Crippen LogP contribution in [-0.2, 0) is 0 Å². The zero-order valence-electron chi connectivity index (χ0n) is 16.7. The highest BCUT2D eigenvalue weighted by Gasteiger charge is 2.35. The van der Waals surface area contributed by atoms with Gasteiger partial charge in [0.1, 0.15) is 5.69 Å². The van der Waals surface area contributed by atoms with E-state index in [-0.39, 0.29) is 11.9 Å². The van der Waals surface area contributed by atoms with Gasteiger partial charge in [0.15, 0.2) is 0 Å². The number of rotatable bonds is 4. The Balaban J connectivity index is 1.37. The van der Waals surface area contributed by atoms with Crippen LogP contribution in [0.2, 0.25) is 0 Å². The standard InChI is InChI=1S/C21H29N5OS/c1-24(2)15-8-11-26(12-15)18-5-3-4-16-19(23-28-20(16)18)21(27)22-17-13-25-9-6-14(17)7-10-25/h3-5,14-15,17H,6-13H2,1-2H3,(H,22,27)/t15-,17+/m0/s1. The van der Waals surface area contributed by atoms with Gasteiger partial charge in [-0.3, -0.25) is 4.79 Å². The van der Waals surface area contributed by atoms with Gasteiger partial charge in [-0.15, -0.1) is 0 Å². The number of benzene rings is 1. The molecule has 1 aromatic carbocycles. The Hall–Kier alpha value is -1.70. The Morgan fingerprint density at radius 1 is 1.18 bits per heavy atom. The number of aromatic nitrogens is 1. The van der Waals surface area contributed by atoms with Crippen LogP contribution in [0.4, 0.5) is 5.69 Å². The molecular formula is C21H29N5OS. The minimum absolute atomic E-state index is 0.00487. The number of anilines is 1. The average molecular weight is 400 g/mol. The van der Waals surface area contributed by atoms with Gasteiger partial charge in [-0.2, -0.15) is 4.37 Å². The van der Waals surface area contributed by atoms with E-state index in [9.17, 15) is 4.79 Å². The Bertz CT molecular complexity index is 873. The van der Waals surface area contributed by atoms with E-state index in [2.05, 4.69) is 50.6 Å². The lowest BCUT2D eigenvalue weighted by Gasteiger charge is -2.44. The number of nitrogens with zero attached hydrogens (tertiary/aromatic N) is 4. The molecular weight excluding hydrogens is 370 g/mol. The van der Waals surface area contributed by atoms with E-state index in [0.29, 0.717) is 17.7 Å². The van der Waals surface area contributed by atoms with Gasteiger partial charge in [-0.1, -0.05) is 12.1 Å². The maximum absolute atomic E-state index is 13.0.